The Hall–Kier alpha value is -2.91. The third-order valence-corrected chi connectivity index (χ3v) is 4.36. The molecule has 3 aliphatic heterocycles. The molecule has 0 aliphatic carbocycles. The third-order valence-electron chi connectivity index (χ3n) is 4.36. The van der Waals surface area contributed by atoms with E-state index in [0.717, 1.165) is 0 Å². The lowest BCUT2D eigenvalue weighted by molar-refractivity contribution is -0.117. The number of hydrogen-bond acceptors (Lipinski definition) is 8. The molecular weight excluding hydrogens is 340 g/mol. The standard InChI is InChI=1S/C17H16N4O5/c22-11-6-13(21-9-20-14-15(21)18-8-19-16(14)23)26-12(11)7-25-17(24)10-4-2-1-3-5-10/h1-5,8-9,11-14,22H,6-7H2/t11-,12+,13+,14?/m0/s1. The van der Waals surface area contributed by atoms with Crippen molar-refractivity contribution < 1.29 is 24.2 Å². The second-order valence-electron chi connectivity index (χ2n) is 6.04. The van der Waals surface area contributed by atoms with Crippen LogP contribution >= 0.6 is 0 Å². The Balaban J connectivity index is 1.37. The highest BCUT2D eigenvalue weighted by Gasteiger charge is 2.43. The summed E-state index contributed by atoms with van der Waals surface area (Å²) in [6.07, 6.45) is 0.888. The van der Waals surface area contributed by atoms with E-state index in [0.29, 0.717) is 11.4 Å². The Labute approximate surface area is 148 Å². The highest BCUT2D eigenvalue weighted by atomic mass is 16.6. The first-order chi connectivity index (χ1) is 12.6. The molecule has 134 valence electrons. The number of carbonyl (C=O) groups is 2. The van der Waals surface area contributed by atoms with Crippen molar-refractivity contribution in [3.8, 4) is 0 Å². The van der Waals surface area contributed by atoms with E-state index in [1.165, 1.54) is 12.7 Å². The Morgan fingerprint density at radius 2 is 2.15 bits per heavy atom. The summed E-state index contributed by atoms with van der Waals surface area (Å²) in [5.74, 6) is -0.448. The van der Waals surface area contributed by atoms with E-state index in [1.807, 2.05) is 0 Å². The van der Waals surface area contributed by atoms with Gasteiger partial charge in [0.2, 0.25) is 0 Å². The van der Waals surface area contributed by atoms with Crippen LogP contribution in [0.5, 0.6) is 0 Å². The van der Waals surface area contributed by atoms with E-state index in [1.54, 1.807) is 35.2 Å². The van der Waals surface area contributed by atoms with E-state index in [4.69, 9.17) is 9.47 Å². The minimum atomic E-state index is -0.815. The van der Waals surface area contributed by atoms with E-state index < -0.39 is 30.4 Å². The lowest BCUT2D eigenvalue weighted by Crippen LogP contribution is -2.43. The molecule has 1 amide bonds. The van der Waals surface area contributed by atoms with E-state index in [9.17, 15) is 14.7 Å². The fourth-order valence-electron chi connectivity index (χ4n) is 3.01. The number of aliphatic imine (C=N–C) groups is 3. The Morgan fingerprint density at radius 3 is 2.96 bits per heavy atom. The van der Waals surface area contributed by atoms with Crippen LogP contribution in [0.4, 0.5) is 0 Å². The molecule has 0 aromatic heterocycles. The fraction of sp³-hybridized carbons (Fsp3) is 0.353. The second-order valence-corrected chi connectivity index (χ2v) is 6.04. The molecule has 9 nitrogen and oxygen atoms in total. The van der Waals surface area contributed by atoms with Gasteiger partial charge < -0.3 is 14.6 Å². The molecule has 0 saturated carbocycles. The number of carbonyl (C=O) groups excluding carboxylic acids is 2. The summed E-state index contributed by atoms with van der Waals surface area (Å²) in [5, 5.41) is 10.2. The fourth-order valence-corrected chi connectivity index (χ4v) is 3.01. The maximum atomic E-state index is 12.0. The molecule has 3 aliphatic rings. The van der Waals surface area contributed by atoms with Crippen LogP contribution in [0.25, 0.3) is 0 Å². The van der Waals surface area contributed by atoms with Crippen molar-refractivity contribution in [1.82, 2.24) is 4.90 Å². The van der Waals surface area contributed by atoms with Crippen molar-refractivity contribution in [3.63, 3.8) is 0 Å². The predicted octanol–water partition coefficient (Wildman–Crippen LogP) is -0.00120. The average Bonchev–Trinajstić information content (AvgIpc) is 3.25. The lowest BCUT2D eigenvalue weighted by Gasteiger charge is -2.24. The molecule has 0 radical (unpaired) electrons. The molecule has 1 fully saturated rings. The Morgan fingerprint density at radius 1 is 1.35 bits per heavy atom. The number of esters is 1. The van der Waals surface area contributed by atoms with E-state index in [2.05, 4.69) is 15.0 Å². The maximum absolute atomic E-state index is 12.0. The first kappa shape index (κ1) is 16.6. The summed E-state index contributed by atoms with van der Waals surface area (Å²) in [6.45, 7) is -0.0767. The van der Waals surface area contributed by atoms with Gasteiger partial charge >= 0.3 is 5.97 Å². The summed E-state index contributed by atoms with van der Waals surface area (Å²) < 4.78 is 11.0. The van der Waals surface area contributed by atoms with Crippen molar-refractivity contribution in [2.45, 2.75) is 30.9 Å². The first-order valence-electron chi connectivity index (χ1n) is 8.15. The number of fused-ring (bicyclic) bond motifs is 1. The Kier molecular flexibility index (Phi) is 4.31. The number of aliphatic hydroxyl groups is 1. The minimum absolute atomic E-state index is 0.0767. The van der Waals surface area contributed by atoms with Crippen LogP contribution in [0.1, 0.15) is 16.8 Å². The van der Waals surface area contributed by atoms with Gasteiger partial charge in [0.25, 0.3) is 5.91 Å². The highest BCUT2D eigenvalue weighted by molar-refractivity contribution is 6.19. The first-order valence-corrected chi connectivity index (χ1v) is 8.15. The van der Waals surface area contributed by atoms with Crippen LogP contribution in [-0.4, -0.2) is 71.5 Å². The molecular formula is C17H16N4O5. The van der Waals surface area contributed by atoms with Gasteiger partial charge in [0.15, 0.2) is 6.04 Å². The maximum Gasteiger partial charge on any atom is 0.338 e. The Bertz CT molecular complexity index is 807. The van der Waals surface area contributed by atoms with E-state index >= 15 is 0 Å². The molecule has 1 unspecified atom stereocenters. The summed E-state index contributed by atoms with van der Waals surface area (Å²) in [6, 6.07) is 7.84. The number of amides is 1. The zero-order valence-corrected chi connectivity index (χ0v) is 13.6. The largest absolute Gasteiger partial charge is 0.459 e. The van der Waals surface area contributed by atoms with Gasteiger partial charge in [-0.25, -0.2) is 9.79 Å². The molecule has 26 heavy (non-hydrogen) atoms. The van der Waals surface area contributed by atoms with Crippen LogP contribution in [-0.2, 0) is 14.3 Å². The summed E-state index contributed by atoms with van der Waals surface area (Å²) in [7, 11) is 0. The summed E-state index contributed by atoms with van der Waals surface area (Å²) in [5.41, 5.74) is 0.431. The lowest BCUT2D eigenvalue weighted by atomic mass is 10.1. The third kappa shape index (κ3) is 3.02. The zero-order valence-electron chi connectivity index (χ0n) is 13.6. The predicted molar refractivity (Wildman–Crippen MR) is 91.1 cm³/mol. The SMILES string of the molecule is O=C(OC[C@H]1O[C@@H](N2C=NC3C(=O)N=CN=C32)C[C@@H]1O)c1ccccc1. The molecule has 3 heterocycles. The van der Waals surface area contributed by atoms with Gasteiger partial charge in [-0.1, -0.05) is 18.2 Å². The molecule has 1 saturated heterocycles. The van der Waals surface area contributed by atoms with Gasteiger partial charge in [0.05, 0.1) is 18.0 Å². The number of amidine groups is 1. The second kappa shape index (κ2) is 6.77. The minimum Gasteiger partial charge on any atom is -0.459 e. The number of ether oxygens (including phenoxy) is 2. The van der Waals surface area contributed by atoms with Gasteiger partial charge in [-0.2, -0.15) is 4.99 Å². The van der Waals surface area contributed by atoms with Crippen LogP contribution in [0.15, 0.2) is 45.3 Å². The quantitative estimate of drug-likeness (QED) is 0.760. The molecule has 1 aromatic carbocycles. The average molecular weight is 356 g/mol. The number of rotatable bonds is 4. The monoisotopic (exact) mass is 356 g/mol. The van der Waals surface area contributed by atoms with Crippen LogP contribution < -0.4 is 0 Å². The van der Waals surface area contributed by atoms with Crippen molar-refractivity contribution in [1.29, 1.82) is 0 Å². The number of aliphatic hydroxyl groups excluding tert-OH is 1. The molecule has 9 heteroatoms. The summed E-state index contributed by atoms with van der Waals surface area (Å²) >= 11 is 0. The van der Waals surface area contributed by atoms with Crippen molar-refractivity contribution in [3.05, 3.63) is 35.9 Å². The van der Waals surface area contributed by atoms with Gasteiger partial charge in [0.1, 0.15) is 31.1 Å². The van der Waals surface area contributed by atoms with Crippen molar-refractivity contribution >= 4 is 30.4 Å². The van der Waals surface area contributed by atoms with Crippen molar-refractivity contribution in [2.75, 3.05) is 6.61 Å². The number of hydrogen-bond donors (Lipinski definition) is 1. The van der Waals surface area contributed by atoms with Gasteiger partial charge in [-0.05, 0) is 12.1 Å². The smallest absolute Gasteiger partial charge is 0.338 e. The molecule has 4 atom stereocenters. The number of nitrogens with zero attached hydrogens (tertiary/aromatic N) is 4. The highest BCUT2D eigenvalue weighted by Crippen LogP contribution is 2.27. The van der Waals surface area contributed by atoms with Crippen LogP contribution in [0, 0.1) is 0 Å². The molecule has 0 spiro atoms. The number of benzene rings is 1. The molecule has 1 aromatic rings. The molecule has 1 N–H and O–H groups in total. The van der Waals surface area contributed by atoms with Gasteiger partial charge in [-0.3, -0.25) is 14.7 Å². The van der Waals surface area contributed by atoms with E-state index in [-0.39, 0.29) is 18.9 Å². The zero-order chi connectivity index (χ0) is 18.1. The van der Waals surface area contributed by atoms with Gasteiger partial charge in [-0.15, -0.1) is 0 Å². The topological polar surface area (TPSA) is 113 Å². The van der Waals surface area contributed by atoms with Crippen molar-refractivity contribution in [2.24, 2.45) is 15.0 Å². The summed E-state index contributed by atoms with van der Waals surface area (Å²) in [4.78, 5) is 37.1. The molecule has 4 rings (SSSR count). The van der Waals surface area contributed by atoms with Gasteiger partial charge in [0, 0.05) is 6.42 Å². The van der Waals surface area contributed by atoms with Crippen LogP contribution in [0.2, 0.25) is 0 Å². The normalized spacial score (nSPS) is 29.7. The van der Waals surface area contributed by atoms with Crippen LogP contribution in [0.3, 0.4) is 0 Å². The molecule has 0 bridgehead atoms.